The number of hydrogen-bond donors (Lipinski definition) is 0. The van der Waals surface area contributed by atoms with Gasteiger partial charge in [-0.05, 0) is 31.2 Å². The molecule has 0 atom stereocenters. The highest BCUT2D eigenvalue weighted by atomic mass is 32.1. The summed E-state index contributed by atoms with van der Waals surface area (Å²) in [6, 6.07) is 9.89. The Labute approximate surface area is 166 Å². The van der Waals surface area contributed by atoms with Crippen molar-refractivity contribution >= 4 is 28.9 Å². The molecule has 0 aliphatic carbocycles. The Morgan fingerprint density at radius 3 is 2.70 bits per heavy atom. The average Bonchev–Trinajstić information content (AvgIpc) is 3.29. The Morgan fingerprint density at radius 2 is 2.04 bits per heavy atom. The van der Waals surface area contributed by atoms with Crippen molar-refractivity contribution in [3.8, 4) is 22.8 Å². The molecule has 2 aromatic heterocycles. The minimum atomic E-state index is 0.535. The molecule has 0 amide bonds. The molecule has 0 fully saturated rings. The maximum atomic E-state index is 5.57. The van der Waals surface area contributed by atoms with E-state index in [1.165, 1.54) is 16.2 Å². The van der Waals surface area contributed by atoms with Gasteiger partial charge in [-0.15, -0.1) is 29.3 Å². The van der Waals surface area contributed by atoms with Crippen LogP contribution in [0.25, 0.3) is 11.3 Å². The standard InChI is InChI=1S/C20H21N3O2S2/c1-5-10-21-20-23(22-12-16-8-6-14(2)27-16)18(13-26-20)17-9-7-15(24-3)11-19(17)25-4/h5-9,11-13H,1,10H2,2-4H3. The van der Waals surface area contributed by atoms with E-state index in [1.54, 1.807) is 31.6 Å². The Kier molecular flexibility index (Phi) is 6.26. The van der Waals surface area contributed by atoms with Crippen molar-refractivity contribution in [2.24, 2.45) is 10.1 Å². The number of benzene rings is 1. The lowest BCUT2D eigenvalue weighted by molar-refractivity contribution is 0.395. The molecule has 3 rings (SSSR count). The number of aromatic nitrogens is 1. The van der Waals surface area contributed by atoms with Crippen LogP contribution in [-0.2, 0) is 0 Å². The fourth-order valence-corrected chi connectivity index (χ4v) is 4.08. The molecule has 7 heteroatoms. The first-order chi connectivity index (χ1) is 13.2. The molecule has 0 bridgehead atoms. The topological polar surface area (TPSA) is 48.1 Å². The van der Waals surface area contributed by atoms with Crippen molar-refractivity contribution in [3.05, 3.63) is 62.9 Å². The van der Waals surface area contributed by atoms with Crippen LogP contribution in [0.4, 0.5) is 0 Å². The fourth-order valence-electron chi connectivity index (χ4n) is 2.50. The minimum Gasteiger partial charge on any atom is -0.497 e. The van der Waals surface area contributed by atoms with Crippen molar-refractivity contribution in [2.75, 3.05) is 20.8 Å². The molecule has 0 aliphatic heterocycles. The summed E-state index contributed by atoms with van der Waals surface area (Å²) in [5.41, 5.74) is 1.83. The van der Waals surface area contributed by atoms with Crippen LogP contribution in [0, 0.1) is 6.92 Å². The molecule has 140 valence electrons. The number of thiophene rings is 1. The number of methoxy groups -OCH3 is 2. The smallest absolute Gasteiger partial charge is 0.206 e. The maximum absolute atomic E-state index is 5.57. The Balaban J connectivity index is 2.12. The van der Waals surface area contributed by atoms with Gasteiger partial charge in [-0.1, -0.05) is 6.08 Å². The number of thiazole rings is 1. The summed E-state index contributed by atoms with van der Waals surface area (Å²) in [5, 5.41) is 6.73. The highest BCUT2D eigenvalue weighted by Gasteiger charge is 2.13. The molecule has 0 saturated carbocycles. The zero-order valence-corrected chi connectivity index (χ0v) is 17.1. The quantitative estimate of drug-likeness (QED) is 0.431. The lowest BCUT2D eigenvalue weighted by Gasteiger charge is -2.10. The van der Waals surface area contributed by atoms with Crippen molar-refractivity contribution in [2.45, 2.75) is 6.92 Å². The predicted octanol–water partition coefficient (Wildman–Crippen LogP) is 4.57. The summed E-state index contributed by atoms with van der Waals surface area (Å²) in [7, 11) is 3.29. The molecule has 27 heavy (non-hydrogen) atoms. The van der Waals surface area contributed by atoms with E-state index in [-0.39, 0.29) is 0 Å². The second-order valence-corrected chi connectivity index (χ2v) is 7.76. The van der Waals surface area contributed by atoms with Crippen LogP contribution in [-0.4, -0.2) is 31.7 Å². The van der Waals surface area contributed by atoms with Crippen molar-refractivity contribution in [1.82, 2.24) is 4.68 Å². The largest absolute Gasteiger partial charge is 0.497 e. The van der Waals surface area contributed by atoms with Crippen LogP contribution in [0.1, 0.15) is 9.75 Å². The molecule has 5 nitrogen and oxygen atoms in total. The average molecular weight is 400 g/mol. The first kappa shape index (κ1) is 19.1. The summed E-state index contributed by atoms with van der Waals surface area (Å²) in [6.45, 7) is 6.36. The maximum Gasteiger partial charge on any atom is 0.206 e. The molecule has 3 aromatic rings. The van der Waals surface area contributed by atoms with Gasteiger partial charge in [0.2, 0.25) is 4.80 Å². The number of ether oxygens (including phenoxy) is 2. The van der Waals surface area contributed by atoms with Gasteiger partial charge in [0.05, 0.1) is 32.7 Å². The summed E-state index contributed by atoms with van der Waals surface area (Å²) in [5.74, 6) is 1.46. The lowest BCUT2D eigenvalue weighted by atomic mass is 10.1. The van der Waals surface area contributed by atoms with Crippen LogP contribution < -0.4 is 14.3 Å². The Hall–Kier alpha value is -2.64. The van der Waals surface area contributed by atoms with Crippen LogP contribution in [0.5, 0.6) is 11.5 Å². The van der Waals surface area contributed by atoms with E-state index in [9.17, 15) is 0 Å². The van der Waals surface area contributed by atoms with Gasteiger partial charge in [0.1, 0.15) is 11.5 Å². The fraction of sp³-hybridized carbons (Fsp3) is 0.200. The van der Waals surface area contributed by atoms with Crippen LogP contribution >= 0.6 is 22.7 Å². The van der Waals surface area contributed by atoms with Gasteiger partial charge in [-0.25, -0.2) is 4.68 Å². The van der Waals surface area contributed by atoms with Gasteiger partial charge in [0.25, 0.3) is 0 Å². The van der Waals surface area contributed by atoms with Crippen LogP contribution in [0.2, 0.25) is 0 Å². The van der Waals surface area contributed by atoms with Crippen molar-refractivity contribution in [1.29, 1.82) is 0 Å². The molecule has 2 heterocycles. The first-order valence-corrected chi connectivity index (χ1v) is 10.0. The number of rotatable bonds is 7. The molecular formula is C20H21N3O2S2. The summed E-state index contributed by atoms with van der Waals surface area (Å²) in [4.78, 5) is 7.71. The van der Waals surface area contributed by atoms with Crippen molar-refractivity contribution in [3.63, 3.8) is 0 Å². The monoisotopic (exact) mass is 399 g/mol. The molecular weight excluding hydrogens is 378 g/mol. The summed E-state index contributed by atoms with van der Waals surface area (Å²) >= 11 is 3.23. The van der Waals surface area contributed by atoms with E-state index < -0.39 is 0 Å². The highest BCUT2D eigenvalue weighted by molar-refractivity contribution is 7.13. The molecule has 0 spiro atoms. The normalized spacial score (nSPS) is 11.9. The van der Waals surface area contributed by atoms with Crippen LogP contribution in [0.15, 0.2) is 58.5 Å². The van der Waals surface area contributed by atoms with E-state index in [0.717, 1.165) is 32.4 Å². The van der Waals surface area contributed by atoms with Gasteiger partial charge in [0, 0.05) is 26.8 Å². The summed E-state index contributed by atoms with van der Waals surface area (Å²) in [6.07, 6.45) is 3.63. The van der Waals surface area contributed by atoms with E-state index in [1.807, 2.05) is 34.5 Å². The molecule has 0 aliphatic rings. The zero-order chi connectivity index (χ0) is 19.2. The van der Waals surface area contributed by atoms with E-state index in [4.69, 9.17) is 14.6 Å². The predicted molar refractivity (Wildman–Crippen MR) is 114 cm³/mol. The minimum absolute atomic E-state index is 0.535. The second kappa shape index (κ2) is 8.83. The second-order valence-electron chi connectivity index (χ2n) is 5.60. The zero-order valence-electron chi connectivity index (χ0n) is 15.5. The van der Waals surface area contributed by atoms with Gasteiger partial charge in [0.15, 0.2) is 0 Å². The third-order valence-corrected chi connectivity index (χ3v) is 5.58. The molecule has 0 unspecified atom stereocenters. The van der Waals surface area contributed by atoms with Crippen molar-refractivity contribution < 1.29 is 9.47 Å². The summed E-state index contributed by atoms with van der Waals surface area (Å²) < 4.78 is 12.7. The number of nitrogens with zero attached hydrogens (tertiary/aromatic N) is 3. The highest BCUT2D eigenvalue weighted by Crippen LogP contribution is 2.33. The molecule has 0 N–H and O–H groups in total. The first-order valence-electron chi connectivity index (χ1n) is 8.31. The van der Waals surface area contributed by atoms with E-state index in [0.29, 0.717) is 6.54 Å². The van der Waals surface area contributed by atoms with Crippen LogP contribution in [0.3, 0.4) is 0 Å². The SMILES string of the molecule is C=CCN=c1scc(-c2ccc(OC)cc2OC)n1N=Cc1ccc(C)s1. The van der Waals surface area contributed by atoms with Gasteiger partial charge in [-0.2, -0.15) is 5.10 Å². The Bertz CT molecular complexity index is 1030. The third-order valence-electron chi connectivity index (χ3n) is 3.79. The van der Waals surface area contributed by atoms with Gasteiger partial charge < -0.3 is 9.47 Å². The number of hydrogen-bond acceptors (Lipinski definition) is 6. The van der Waals surface area contributed by atoms with E-state index in [2.05, 4.69) is 30.6 Å². The third kappa shape index (κ3) is 4.37. The van der Waals surface area contributed by atoms with Gasteiger partial charge >= 0.3 is 0 Å². The lowest BCUT2D eigenvalue weighted by Crippen LogP contribution is -2.12. The molecule has 0 radical (unpaired) electrons. The number of aryl methyl sites for hydroxylation is 1. The molecule has 0 saturated heterocycles. The van der Waals surface area contributed by atoms with Gasteiger partial charge in [-0.3, -0.25) is 4.99 Å². The molecule has 1 aromatic carbocycles. The Morgan fingerprint density at radius 1 is 1.19 bits per heavy atom. The van der Waals surface area contributed by atoms with E-state index >= 15 is 0 Å².